The van der Waals surface area contributed by atoms with E-state index in [0.29, 0.717) is 30.0 Å². The van der Waals surface area contributed by atoms with E-state index >= 15 is 0 Å². The molecule has 2 N–H and O–H groups in total. The fourth-order valence-corrected chi connectivity index (χ4v) is 2.71. The molecule has 1 aliphatic carbocycles. The largest absolute Gasteiger partial charge is 0.463 e. The summed E-state index contributed by atoms with van der Waals surface area (Å²) in [5.74, 6) is 0.826. The number of aromatic nitrogens is 3. The minimum Gasteiger partial charge on any atom is -0.463 e. The first-order chi connectivity index (χ1) is 9.91. The van der Waals surface area contributed by atoms with Crippen molar-refractivity contribution in [2.75, 3.05) is 24.3 Å². The van der Waals surface area contributed by atoms with Gasteiger partial charge in [-0.2, -0.15) is 15.0 Å². The Balaban J connectivity index is 2.08. The maximum atomic E-state index is 5.77. The van der Waals surface area contributed by atoms with Crippen LogP contribution >= 0.6 is 0 Å². The van der Waals surface area contributed by atoms with Crippen LogP contribution in [-0.2, 0) is 0 Å². The highest BCUT2D eigenvalue weighted by atomic mass is 16.5. The van der Waals surface area contributed by atoms with E-state index in [9.17, 15) is 0 Å². The Hall–Kier alpha value is -1.59. The van der Waals surface area contributed by atoms with Gasteiger partial charge in [0.25, 0.3) is 0 Å². The molecule has 0 amide bonds. The van der Waals surface area contributed by atoms with Crippen LogP contribution in [0.25, 0.3) is 0 Å². The molecule has 0 aromatic carbocycles. The Morgan fingerprint density at radius 1 is 1.24 bits per heavy atom. The summed E-state index contributed by atoms with van der Waals surface area (Å²) in [5, 5.41) is 0. The van der Waals surface area contributed by atoms with E-state index in [-0.39, 0.29) is 5.95 Å². The minimum absolute atomic E-state index is 0.217. The van der Waals surface area contributed by atoms with Crippen LogP contribution in [0.1, 0.15) is 52.9 Å². The molecule has 0 atom stereocenters. The van der Waals surface area contributed by atoms with E-state index < -0.39 is 0 Å². The number of rotatable bonds is 5. The molecular weight excluding hydrogens is 266 g/mol. The first kappa shape index (κ1) is 15.8. The molecule has 1 heterocycles. The molecule has 2 rings (SSSR count). The van der Waals surface area contributed by atoms with Gasteiger partial charge in [-0.15, -0.1) is 0 Å². The Morgan fingerprint density at radius 2 is 1.90 bits per heavy atom. The standard InChI is InChI=1S/C15H27N5O/c1-5-10-21-14-18-12(16)17-13(19-14)20(4)11-6-8-15(2,3)9-7-11/h11H,5-10H2,1-4H3,(H2,16,17,18,19). The summed E-state index contributed by atoms with van der Waals surface area (Å²) in [5.41, 5.74) is 6.22. The first-order valence-electron chi connectivity index (χ1n) is 7.78. The van der Waals surface area contributed by atoms with Gasteiger partial charge >= 0.3 is 6.01 Å². The number of nitrogens with two attached hydrogens (primary N) is 1. The molecular formula is C15H27N5O. The second kappa shape index (κ2) is 6.45. The van der Waals surface area contributed by atoms with Gasteiger partial charge in [0.05, 0.1) is 6.61 Å². The van der Waals surface area contributed by atoms with Crippen molar-refractivity contribution in [2.24, 2.45) is 5.41 Å². The van der Waals surface area contributed by atoms with Crippen molar-refractivity contribution in [3.05, 3.63) is 0 Å². The van der Waals surface area contributed by atoms with E-state index in [1.807, 2.05) is 14.0 Å². The molecule has 0 radical (unpaired) electrons. The topological polar surface area (TPSA) is 77.2 Å². The lowest BCUT2D eigenvalue weighted by Gasteiger charge is -2.38. The van der Waals surface area contributed by atoms with E-state index in [2.05, 4.69) is 33.7 Å². The van der Waals surface area contributed by atoms with Crippen molar-refractivity contribution >= 4 is 11.9 Å². The summed E-state index contributed by atoms with van der Waals surface area (Å²) in [6.45, 7) is 7.30. The molecule has 6 nitrogen and oxygen atoms in total. The number of hydrogen-bond acceptors (Lipinski definition) is 6. The van der Waals surface area contributed by atoms with E-state index in [1.165, 1.54) is 12.8 Å². The van der Waals surface area contributed by atoms with Crippen LogP contribution in [0.3, 0.4) is 0 Å². The normalized spacial score (nSPS) is 18.5. The second-order valence-corrected chi connectivity index (χ2v) is 6.63. The fraction of sp³-hybridized carbons (Fsp3) is 0.800. The molecule has 1 fully saturated rings. The number of nitrogen functional groups attached to an aromatic ring is 1. The first-order valence-corrected chi connectivity index (χ1v) is 7.78. The summed E-state index contributed by atoms with van der Waals surface area (Å²) < 4.78 is 5.48. The van der Waals surface area contributed by atoms with Gasteiger partial charge < -0.3 is 15.4 Å². The van der Waals surface area contributed by atoms with Crippen LogP contribution in [0.4, 0.5) is 11.9 Å². The van der Waals surface area contributed by atoms with Crippen molar-refractivity contribution in [3.63, 3.8) is 0 Å². The molecule has 1 saturated carbocycles. The van der Waals surface area contributed by atoms with Crippen molar-refractivity contribution in [3.8, 4) is 6.01 Å². The lowest BCUT2D eigenvalue weighted by molar-refractivity contribution is 0.221. The van der Waals surface area contributed by atoms with Gasteiger partial charge in [-0.1, -0.05) is 20.8 Å². The highest BCUT2D eigenvalue weighted by Gasteiger charge is 2.30. The molecule has 1 aliphatic rings. The van der Waals surface area contributed by atoms with Gasteiger partial charge in [-0.05, 0) is 37.5 Å². The molecule has 1 aromatic rings. The predicted octanol–water partition coefficient (Wildman–Crippen LogP) is 2.65. The second-order valence-electron chi connectivity index (χ2n) is 6.63. The third-order valence-corrected chi connectivity index (χ3v) is 4.23. The van der Waals surface area contributed by atoms with Gasteiger partial charge in [-0.25, -0.2) is 0 Å². The zero-order valence-electron chi connectivity index (χ0n) is 13.6. The summed E-state index contributed by atoms with van der Waals surface area (Å²) >= 11 is 0. The smallest absolute Gasteiger partial charge is 0.323 e. The van der Waals surface area contributed by atoms with Crippen LogP contribution in [0, 0.1) is 5.41 Å². The molecule has 1 aromatic heterocycles. The van der Waals surface area contributed by atoms with Crippen molar-refractivity contribution in [2.45, 2.75) is 58.9 Å². The predicted molar refractivity (Wildman–Crippen MR) is 84.5 cm³/mol. The van der Waals surface area contributed by atoms with Crippen LogP contribution in [0.2, 0.25) is 0 Å². The lowest BCUT2D eigenvalue weighted by atomic mass is 9.75. The van der Waals surface area contributed by atoms with Crippen LogP contribution < -0.4 is 15.4 Å². The Bertz CT molecular complexity index is 467. The van der Waals surface area contributed by atoms with E-state index in [0.717, 1.165) is 19.3 Å². The van der Waals surface area contributed by atoms with Crippen molar-refractivity contribution in [1.29, 1.82) is 0 Å². The Morgan fingerprint density at radius 3 is 2.52 bits per heavy atom. The van der Waals surface area contributed by atoms with Gasteiger partial charge in [-0.3, -0.25) is 0 Å². The zero-order chi connectivity index (χ0) is 15.5. The summed E-state index contributed by atoms with van der Waals surface area (Å²) in [6.07, 6.45) is 5.67. The molecule has 118 valence electrons. The van der Waals surface area contributed by atoms with Crippen LogP contribution in [-0.4, -0.2) is 34.6 Å². The monoisotopic (exact) mass is 293 g/mol. The lowest BCUT2D eigenvalue weighted by Crippen LogP contribution is -2.38. The number of anilines is 2. The molecule has 0 aliphatic heterocycles. The Kier molecular flexibility index (Phi) is 4.85. The third-order valence-electron chi connectivity index (χ3n) is 4.23. The SMILES string of the molecule is CCCOc1nc(N)nc(N(C)C2CCC(C)(C)CC2)n1. The maximum absolute atomic E-state index is 5.77. The summed E-state index contributed by atoms with van der Waals surface area (Å²) in [7, 11) is 2.03. The van der Waals surface area contributed by atoms with Crippen LogP contribution in [0.15, 0.2) is 0 Å². The number of ether oxygens (including phenoxy) is 1. The molecule has 0 saturated heterocycles. The van der Waals surface area contributed by atoms with Gasteiger partial charge in [0.2, 0.25) is 11.9 Å². The van der Waals surface area contributed by atoms with Gasteiger partial charge in [0.1, 0.15) is 0 Å². The molecule has 6 heteroatoms. The van der Waals surface area contributed by atoms with E-state index in [1.54, 1.807) is 0 Å². The number of nitrogens with zero attached hydrogens (tertiary/aromatic N) is 4. The Labute approximate surface area is 127 Å². The third kappa shape index (κ3) is 4.19. The average Bonchev–Trinajstić information content (AvgIpc) is 2.44. The molecule has 0 unspecified atom stereocenters. The van der Waals surface area contributed by atoms with Crippen molar-refractivity contribution in [1.82, 2.24) is 15.0 Å². The highest BCUT2D eigenvalue weighted by Crippen LogP contribution is 2.37. The van der Waals surface area contributed by atoms with Crippen molar-refractivity contribution < 1.29 is 4.74 Å². The fourth-order valence-electron chi connectivity index (χ4n) is 2.71. The average molecular weight is 293 g/mol. The quantitative estimate of drug-likeness (QED) is 0.899. The summed E-state index contributed by atoms with van der Waals surface area (Å²) in [6, 6.07) is 0.779. The van der Waals surface area contributed by atoms with Crippen LogP contribution in [0.5, 0.6) is 6.01 Å². The minimum atomic E-state index is 0.217. The molecule has 21 heavy (non-hydrogen) atoms. The van der Waals surface area contributed by atoms with Gasteiger partial charge in [0.15, 0.2) is 0 Å². The highest BCUT2D eigenvalue weighted by molar-refractivity contribution is 5.36. The molecule has 0 spiro atoms. The molecule has 0 bridgehead atoms. The summed E-state index contributed by atoms with van der Waals surface area (Å²) in [4.78, 5) is 14.8. The van der Waals surface area contributed by atoms with Gasteiger partial charge in [0, 0.05) is 13.1 Å². The number of hydrogen-bond donors (Lipinski definition) is 1. The zero-order valence-corrected chi connectivity index (χ0v) is 13.6. The maximum Gasteiger partial charge on any atom is 0.323 e. The van der Waals surface area contributed by atoms with E-state index in [4.69, 9.17) is 10.5 Å².